The summed E-state index contributed by atoms with van der Waals surface area (Å²) >= 11 is 0. The number of likely N-dealkylation sites (tertiary alicyclic amines) is 1. The van der Waals surface area contributed by atoms with E-state index in [4.69, 9.17) is 4.98 Å². The van der Waals surface area contributed by atoms with E-state index in [0.717, 1.165) is 61.6 Å². The first-order valence-electron chi connectivity index (χ1n) is 11.3. The van der Waals surface area contributed by atoms with E-state index < -0.39 is 0 Å². The van der Waals surface area contributed by atoms with Crippen molar-refractivity contribution in [2.75, 3.05) is 25.0 Å². The smallest absolute Gasteiger partial charge is 0.205 e. The highest BCUT2D eigenvalue weighted by molar-refractivity contribution is 5.74. The van der Waals surface area contributed by atoms with Crippen LogP contribution in [0.5, 0.6) is 0 Å². The number of hydrogen-bond donors (Lipinski definition) is 1. The van der Waals surface area contributed by atoms with E-state index >= 15 is 0 Å². The second-order valence-corrected chi connectivity index (χ2v) is 8.49. The van der Waals surface area contributed by atoms with Crippen molar-refractivity contribution in [1.29, 1.82) is 0 Å². The Morgan fingerprint density at radius 2 is 1.69 bits per heavy atom. The fourth-order valence-corrected chi connectivity index (χ4v) is 4.41. The van der Waals surface area contributed by atoms with Gasteiger partial charge in [-0.3, -0.25) is 4.57 Å². The molecule has 5 nitrogen and oxygen atoms in total. The van der Waals surface area contributed by atoms with E-state index in [1.165, 1.54) is 17.7 Å². The van der Waals surface area contributed by atoms with Crippen LogP contribution in [0.2, 0.25) is 0 Å². The molecule has 32 heavy (non-hydrogen) atoms. The van der Waals surface area contributed by atoms with Crippen molar-refractivity contribution in [3.8, 4) is 0 Å². The lowest BCUT2D eigenvalue weighted by molar-refractivity contribution is 0.221. The Hall–Kier alpha value is -3.25. The normalized spacial score (nSPS) is 15.3. The van der Waals surface area contributed by atoms with Gasteiger partial charge in [0.05, 0.1) is 6.54 Å². The van der Waals surface area contributed by atoms with Gasteiger partial charge < -0.3 is 10.2 Å². The molecule has 5 rings (SSSR count). The maximum Gasteiger partial charge on any atom is 0.205 e. The number of piperidine rings is 1. The van der Waals surface area contributed by atoms with Gasteiger partial charge in [0.2, 0.25) is 5.95 Å². The van der Waals surface area contributed by atoms with Crippen molar-refractivity contribution in [3.05, 3.63) is 89.9 Å². The van der Waals surface area contributed by atoms with E-state index in [-0.39, 0.29) is 5.82 Å². The van der Waals surface area contributed by atoms with E-state index in [1.807, 2.05) is 24.3 Å². The summed E-state index contributed by atoms with van der Waals surface area (Å²) in [4.78, 5) is 11.9. The Bertz CT molecular complexity index is 1150. The largest absolute Gasteiger partial charge is 0.353 e. The van der Waals surface area contributed by atoms with E-state index in [0.29, 0.717) is 12.6 Å². The molecule has 1 fully saturated rings. The zero-order valence-electron chi connectivity index (χ0n) is 18.1. The molecule has 1 aliphatic rings. The second-order valence-electron chi connectivity index (χ2n) is 8.49. The lowest BCUT2D eigenvalue weighted by Crippen LogP contribution is -2.40. The summed E-state index contributed by atoms with van der Waals surface area (Å²) in [6, 6.07) is 21.6. The molecule has 2 aromatic carbocycles. The maximum atomic E-state index is 13.3. The van der Waals surface area contributed by atoms with Crippen molar-refractivity contribution in [1.82, 2.24) is 19.4 Å². The minimum Gasteiger partial charge on any atom is -0.353 e. The molecule has 0 unspecified atom stereocenters. The Kier molecular flexibility index (Phi) is 6.12. The number of nitrogens with one attached hydrogen (secondary N) is 1. The zero-order chi connectivity index (χ0) is 21.8. The third-order valence-corrected chi connectivity index (χ3v) is 6.24. The first-order valence-corrected chi connectivity index (χ1v) is 11.3. The van der Waals surface area contributed by atoms with Gasteiger partial charge in [-0.15, -0.1) is 0 Å². The molecule has 0 radical (unpaired) electrons. The number of benzene rings is 2. The molecule has 0 aliphatic carbocycles. The number of nitrogens with zero attached hydrogens (tertiary/aromatic N) is 4. The molecule has 2 aromatic heterocycles. The standard InChI is InChI=1S/C26H28FN5/c27-22-10-8-21(9-11-22)19-32-25-24(7-4-15-28-25)30-26(32)29-23-13-17-31(18-14-23)16-12-20-5-2-1-3-6-20/h1-11,15,23H,12-14,16-19H2,(H,29,30). The number of pyridine rings is 1. The first-order chi connectivity index (χ1) is 15.7. The highest BCUT2D eigenvalue weighted by Crippen LogP contribution is 2.23. The number of fused-ring (bicyclic) bond motifs is 1. The second kappa shape index (κ2) is 9.49. The molecule has 1 saturated heterocycles. The Labute approximate surface area is 187 Å². The van der Waals surface area contributed by atoms with Crippen molar-refractivity contribution < 1.29 is 4.39 Å². The quantitative estimate of drug-likeness (QED) is 0.461. The first kappa shape index (κ1) is 20.6. The third-order valence-electron chi connectivity index (χ3n) is 6.24. The lowest BCUT2D eigenvalue weighted by Gasteiger charge is -2.32. The summed E-state index contributed by atoms with van der Waals surface area (Å²) < 4.78 is 15.4. The van der Waals surface area contributed by atoms with Crippen molar-refractivity contribution in [2.45, 2.75) is 31.8 Å². The average molecular weight is 430 g/mol. The van der Waals surface area contributed by atoms with E-state index in [1.54, 1.807) is 6.20 Å². The highest BCUT2D eigenvalue weighted by atomic mass is 19.1. The van der Waals surface area contributed by atoms with Gasteiger partial charge in [-0.25, -0.2) is 14.4 Å². The molecule has 1 aliphatic heterocycles. The molecular weight excluding hydrogens is 401 g/mol. The van der Waals surface area contributed by atoms with Gasteiger partial charge in [0.15, 0.2) is 5.65 Å². The van der Waals surface area contributed by atoms with Crippen LogP contribution in [0.1, 0.15) is 24.0 Å². The van der Waals surface area contributed by atoms with Crippen LogP contribution in [0, 0.1) is 5.82 Å². The molecule has 3 heterocycles. The molecule has 0 saturated carbocycles. The highest BCUT2D eigenvalue weighted by Gasteiger charge is 2.21. The summed E-state index contributed by atoms with van der Waals surface area (Å²) in [6.45, 7) is 3.87. The van der Waals surface area contributed by atoms with Crippen LogP contribution in [-0.4, -0.2) is 45.1 Å². The number of anilines is 1. The third kappa shape index (κ3) is 4.81. The van der Waals surface area contributed by atoms with Crippen molar-refractivity contribution in [3.63, 3.8) is 0 Å². The van der Waals surface area contributed by atoms with Gasteiger partial charge in [-0.05, 0) is 54.7 Å². The fourth-order valence-electron chi connectivity index (χ4n) is 4.41. The van der Waals surface area contributed by atoms with Crippen molar-refractivity contribution >= 4 is 17.1 Å². The monoisotopic (exact) mass is 429 g/mol. The Morgan fingerprint density at radius 3 is 2.47 bits per heavy atom. The summed E-state index contributed by atoms with van der Waals surface area (Å²) in [5.74, 6) is 0.616. The van der Waals surface area contributed by atoms with Gasteiger partial charge in [0.1, 0.15) is 11.3 Å². The number of imidazole rings is 1. The predicted molar refractivity (Wildman–Crippen MR) is 126 cm³/mol. The van der Waals surface area contributed by atoms with Crippen molar-refractivity contribution in [2.24, 2.45) is 0 Å². The van der Waals surface area contributed by atoms with Gasteiger partial charge >= 0.3 is 0 Å². The molecule has 0 bridgehead atoms. The number of aromatic nitrogens is 3. The van der Waals surface area contributed by atoms with E-state index in [2.05, 4.69) is 50.1 Å². The zero-order valence-corrected chi connectivity index (χ0v) is 18.1. The van der Waals surface area contributed by atoms with Gasteiger partial charge in [-0.2, -0.15) is 0 Å². The molecule has 164 valence electrons. The van der Waals surface area contributed by atoms with Crippen LogP contribution in [0.15, 0.2) is 72.9 Å². The van der Waals surface area contributed by atoms with Gasteiger partial charge in [0, 0.05) is 31.9 Å². The Morgan fingerprint density at radius 1 is 0.906 bits per heavy atom. The summed E-state index contributed by atoms with van der Waals surface area (Å²) in [5.41, 5.74) is 4.14. The average Bonchev–Trinajstić information content (AvgIpc) is 3.17. The molecular formula is C26H28FN5. The van der Waals surface area contributed by atoms with Crippen LogP contribution in [0.4, 0.5) is 10.3 Å². The predicted octanol–water partition coefficient (Wildman–Crippen LogP) is 4.74. The number of halogens is 1. The Balaban J connectivity index is 1.25. The maximum absolute atomic E-state index is 13.3. The molecule has 0 atom stereocenters. The van der Waals surface area contributed by atoms with Crippen LogP contribution in [-0.2, 0) is 13.0 Å². The van der Waals surface area contributed by atoms with Gasteiger partial charge in [0.25, 0.3) is 0 Å². The van der Waals surface area contributed by atoms with Gasteiger partial charge in [-0.1, -0.05) is 42.5 Å². The van der Waals surface area contributed by atoms with Crippen LogP contribution >= 0.6 is 0 Å². The molecule has 0 spiro atoms. The minimum absolute atomic E-state index is 0.222. The van der Waals surface area contributed by atoms with E-state index in [9.17, 15) is 4.39 Å². The summed E-state index contributed by atoms with van der Waals surface area (Å²) in [7, 11) is 0. The summed E-state index contributed by atoms with van der Waals surface area (Å²) in [6.07, 6.45) is 5.06. The lowest BCUT2D eigenvalue weighted by atomic mass is 10.0. The number of rotatable bonds is 7. The summed E-state index contributed by atoms with van der Waals surface area (Å²) in [5, 5.41) is 3.68. The fraction of sp³-hybridized carbons (Fsp3) is 0.308. The van der Waals surface area contributed by atoms with Crippen LogP contribution in [0.25, 0.3) is 11.2 Å². The molecule has 6 heteroatoms. The minimum atomic E-state index is -0.222. The SMILES string of the molecule is Fc1ccc(Cn2c(NC3CCN(CCc4ccccc4)CC3)nc3cccnc32)cc1. The van der Waals surface area contributed by atoms with Crippen LogP contribution in [0.3, 0.4) is 0 Å². The van der Waals surface area contributed by atoms with Crippen LogP contribution < -0.4 is 5.32 Å². The molecule has 1 N–H and O–H groups in total. The molecule has 4 aromatic rings. The molecule has 0 amide bonds. The number of hydrogen-bond acceptors (Lipinski definition) is 4. The topological polar surface area (TPSA) is 46.0 Å².